The third-order valence-corrected chi connectivity index (χ3v) is 4.87. The SMILES string of the molecule is CN(C)CCN1CCC(NC(=O)NCC(O)c2ccsc2)CC1. The van der Waals surface area contributed by atoms with Crippen LogP contribution in [0.3, 0.4) is 0 Å². The van der Waals surface area contributed by atoms with Crippen molar-refractivity contribution >= 4 is 17.4 Å². The van der Waals surface area contributed by atoms with Gasteiger partial charge in [0.15, 0.2) is 0 Å². The molecule has 0 saturated carbocycles. The van der Waals surface area contributed by atoms with Crippen LogP contribution < -0.4 is 10.6 Å². The number of hydrogen-bond donors (Lipinski definition) is 3. The van der Waals surface area contributed by atoms with E-state index in [1.54, 1.807) is 11.3 Å². The zero-order chi connectivity index (χ0) is 16.7. The van der Waals surface area contributed by atoms with Crippen LogP contribution in [0.5, 0.6) is 0 Å². The molecule has 1 fully saturated rings. The van der Waals surface area contributed by atoms with Gasteiger partial charge in [0.1, 0.15) is 0 Å². The van der Waals surface area contributed by atoms with Crippen molar-refractivity contribution in [2.24, 2.45) is 0 Å². The van der Waals surface area contributed by atoms with E-state index >= 15 is 0 Å². The molecule has 2 amide bonds. The van der Waals surface area contributed by atoms with Gasteiger partial charge in [0.25, 0.3) is 0 Å². The number of thiophene rings is 1. The lowest BCUT2D eigenvalue weighted by Crippen LogP contribution is -2.49. The number of aliphatic hydroxyl groups is 1. The number of hydrogen-bond acceptors (Lipinski definition) is 5. The second-order valence-electron chi connectivity index (χ2n) is 6.35. The molecule has 1 aromatic heterocycles. The normalized spacial score (nSPS) is 18.1. The summed E-state index contributed by atoms with van der Waals surface area (Å²) >= 11 is 1.54. The maximum Gasteiger partial charge on any atom is 0.315 e. The monoisotopic (exact) mass is 340 g/mol. The van der Waals surface area contributed by atoms with E-state index in [4.69, 9.17) is 0 Å². The van der Waals surface area contributed by atoms with Gasteiger partial charge >= 0.3 is 6.03 Å². The zero-order valence-electron chi connectivity index (χ0n) is 14.0. The molecule has 1 aliphatic rings. The molecule has 2 heterocycles. The van der Waals surface area contributed by atoms with Crippen molar-refractivity contribution in [3.05, 3.63) is 22.4 Å². The van der Waals surface area contributed by atoms with Crippen LogP contribution in [-0.2, 0) is 0 Å². The average Bonchev–Trinajstić information content (AvgIpc) is 3.06. The minimum absolute atomic E-state index is 0.189. The van der Waals surface area contributed by atoms with Crippen LogP contribution >= 0.6 is 11.3 Å². The predicted molar refractivity (Wildman–Crippen MR) is 93.8 cm³/mol. The van der Waals surface area contributed by atoms with E-state index in [9.17, 15) is 9.90 Å². The quantitative estimate of drug-likeness (QED) is 0.695. The highest BCUT2D eigenvalue weighted by Crippen LogP contribution is 2.15. The van der Waals surface area contributed by atoms with Crippen LogP contribution in [-0.4, -0.2) is 73.8 Å². The van der Waals surface area contributed by atoms with Crippen LogP contribution in [0.1, 0.15) is 24.5 Å². The van der Waals surface area contributed by atoms with Gasteiger partial charge in [-0.3, -0.25) is 0 Å². The fraction of sp³-hybridized carbons (Fsp3) is 0.688. The van der Waals surface area contributed by atoms with E-state index in [1.807, 2.05) is 16.8 Å². The van der Waals surface area contributed by atoms with Gasteiger partial charge < -0.3 is 25.5 Å². The Labute approximate surface area is 142 Å². The first-order valence-corrected chi connectivity index (χ1v) is 9.10. The number of rotatable bonds is 7. The molecule has 0 aromatic carbocycles. The highest BCUT2D eigenvalue weighted by molar-refractivity contribution is 7.07. The summed E-state index contributed by atoms with van der Waals surface area (Å²) in [5.41, 5.74) is 0.851. The summed E-state index contributed by atoms with van der Waals surface area (Å²) in [4.78, 5) is 16.6. The van der Waals surface area contributed by atoms with Crippen LogP contribution in [0, 0.1) is 0 Å². The Morgan fingerprint density at radius 2 is 2.22 bits per heavy atom. The first-order chi connectivity index (χ1) is 11.0. The fourth-order valence-corrected chi connectivity index (χ4v) is 3.36. The van der Waals surface area contributed by atoms with Gasteiger partial charge in [-0.15, -0.1) is 0 Å². The van der Waals surface area contributed by atoms with Gasteiger partial charge in [-0.05, 0) is 49.3 Å². The molecule has 130 valence electrons. The van der Waals surface area contributed by atoms with Gasteiger partial charge in [0.2, 0.25) is 0 Å². The zero-order valence-corrected chi connectivity index (χ0v) is 14.8. The predicted octanol–water partition coefficient (Wildman–Crippen LogP) is 1.11. The molecule has 0 aliphatic carbocycles. The molecule has 23 heavy (non-hydrogen) atoms. The Kier molecular flexibility index (Phi) is 7.29. The molecular formula is C16H28N4O2S. The van der Waals surface area contributed by atoms with Gasteiger partial charge in [0.05, 0.1) is 6.10 Å². The molecule has 1 saturated heterocycles. The number of nitrogens with one attached hydrogen (secondary N) is 2. The van der Waals surface area contributed by atoms with Crippen molar-refractivity contribution in [1.82, 2.24) is 20.4 Å². The molecule has 2 rings (SSSR count). The largest absolute Gasteiger partial charge is 0.387 e. The van der Waals surface area contributed by atoms with Gasteiger partial charge in [-0.25, -0.2) is 4.79 Å². The molecule has 7 heteroatoms. The Morgan fingerprint density at radius 1 is 1.48 bits per heavy atom. The molecule has 1 atom stereocenters. The number of nitrogens with zero attached hydrogens (tertiary/aromatic N) is 2. The lowest BCUT2D eigenvalue weighted by atomic mass is 10.1. The number of amides is 2. The lowest BCUT2D eigenvalue weighted by Gasteiger charge is -2.33. The Balaban J connectivity index is 1.61. The van der Waals surface area contributed by atoms with E-state index in [0.29, 0.717) is 0 Å². The van der Waals surface area contributed by atoms with E-state index < -0.39 is 6.10 Å². The van der Waals surface area contributed by atoms with Crippen molar-refractivity contribution in [3.8, 4) is 0 Å². The number of urea groups is 1. The van der Waals surface area contributed by atoms with Crippen molar-refractivity contribution in [1.29, 1.82) is 0 Å². The maximum atomic E-state index is 11.9. The first-order valence-electron chi connectivity index (χ1n) is 8.16. The van der Waals surface area contributed by atoms with Crippen molar-refractivity contribution < 1.29 is 9.90 Å². The molecule has 0 bridgehead atoms. The summed E-state index contributed by atoms with van der Waals surface area (Å²) in [6.45, 7) is 4.44. The van der Waals surface area contributed by atoms with Crippen LogP contribution in [0.25, 0.3) is 0 Å². The molecule has 1 unspecified atom stereocenters. The van der Waals surface area contributed by atoms with E-state index in [-0.39, 0.29) is 18.6 Å². The Hall–Kier alpha value is -1.15. The second kappa shape index (κ2) is 9.22. The molecule has 6 nitrogen and oxygen atoms in total. The molecule has 1 aromatic rings. The fourth-order valence-electron chi connectivity index (χ4n) is 2.65. The van der Waals surface area contributed by atoms with Gasteiger partial charge in [-0.2, -0.15) is 11.3 Å². The Bertz CT molecular complexity index is 459. The summed E-state index contributed by atoms with van der Waals surface area (Å²) in [5.74, 6) is 0. The van der Waals surface area contributed by atoms with Gasteiger partial charge in [0, 0.05) is 38.8 Å². The van der Waals surface area contributed by atoms with Crippen LogP contribution in [0.2, 0.25) is 0 Å². The van der Waals surface area contributed by atoms with Crippen LogP contribution in [0.4, 0.5) is 4.79 Å². The summed E-state index contributed by atoms with van der Waals surface area (Å²) in [7, 11) is 4.17. The third kappa shape index (κ3) is 6.47. The summed E-state index contributed by atoms with van der Waals surface area (Å²) in [6, 6.07) is 1.91. The second-order valence-corrected chi connectivity index (χ2v) is 7.13. The number of aliphatic hydroxyl groups excluding tert-OH is 1. The number of carbonyl (C=O) groups is 1. The molecular weight excluding hydrogens is 312 g/mol. The van der Waals surface area contributed by atoms with Gasteiger partial charge in [-0.1, -0.05) is 0 Å². The highest BCUT2D eigenvalue weighted by Gasteiger charge is 2.20. The lowest BCUT2D eigenvalue weighted by molar-refractivity contribution is 0.166. The van der Waals surface area contributed by atoms with Crippen molar-refractivity contribution in [2.45, 2.75) is 25.0 Å². The smallest absolute Gasteiger partial charge is 0.315 e. The number of likely N-dealkylation sites (tertiary alicyclic amines) is 1. The van der Waals surface area contributed by atoms with E-state index in [1.165, 1.54) is 0 Å². The van der Waals surface area contributed by atoms with Crippen LogP contribution in [0.15, 0.2) is 16.8 Å². The van der Waals surface area contributed by atoms with E-state index in [0.717, 1.165) is 44.6 Å². The average molecular weight is 340 g/mol. The molecule has 3 N–H and O–H groups in total. The standard InChI is InChI=1S/C16H28N4O2S/c1-19(2)8-9-20-6-3-14(4-7-20)18-16(22)17-11-15(21)13-5-10-23-12-13/h5,10,12,14-15,21H,3-4,6-9,11H2,1-2H3,(H2,17,18,22). The van der Waals surface area contributed by atoms with Crippen molar-refractivity contribution in [3.63, 3.8) is 0 Å². The minimum Gasteiger partial charge on any atom is -0.387 e. The number of likely N-dealkylation sites (N-methyl/N-ethyl adjacent to an activating group) is 1. The number of piperidine rings is 1. The Morgan fingerprint density at radius 3 is 2.83 bits per heavy atom. The maximum absolute atomic E-state index is 11.9. The third-order valence-electron chi connectivity index (χ3n) is 4.17. The summed E-state index contributed by atoms with van der Waals surface area (Å²) < 4.78 is 0. The first kappa shape index (κ1) is 18.2. The topological polar surface area (TPSA) is 67.8 Å². The summed E-state index contributed by atoms with van der Waals surface area (Å²) in [6.07, 6.45) is 1.32. The number of carbonyl (C=O) groups excluding carboxylic acids is 1. The highest BCUT2D eigenvalue weighted by atomic mass is 32.1. The minimum atomic E-state index is -0.639. The molecule has 0 spiro atoms. The summed E-state index contributed by atoms with van der Waals surface area (Å²) in [5, 5.41) is 19.5. The molecule has 1 aliphatic heterocycles. The van der Waals surface area contributed by atoms with Crippen molar-refractivity contribution in [2.75, 3.05) is 46.8 Å². The molecule has 0 radical (unpaired) electrons. The van der Waals surface area contributed by atoms with E-state index in [2.05, 4.69) is 34.5 Å².